The van der Waals surface area contributed by atoms with Crippen molar-refractivity contribution in [3.63, 3.8) is 0 Å². The molecule has 1 aromatic heterocycles. The summed E-state index contributed by atoms with van der Waals surface area (Å²) in [4.78, 5) is 21.7. The van der Waals surface area contributed by atoms with Gasteiger partial charge in [0.1, 0.15) is 17.4 Å². The minimum atomic E-state index is 0.120. The summed E-state index contributed by atoms with van der Waals surface area (Å²) in [6.07, 6.45) is 0.404. The monoisotopic (exact) mass is 437 g/mol. The molecular formula is C25H31N3O2S. The van der Waals surface area contributed by atoms with Gasteiger partial charge in [0, 0.05) is 18.5 Å². The van der Waals surface area contributed by atoms with Gasteiger partial charge < -0.3 is 14.5 Å². The van der Waals surface area contributed by atoms with Gasteiger partial charge in [-0.05, 0) is 50.7 Å². The maximum absolute atomic E-state index is 13.0. The minimum absolute atomic E-state index is 0.120. The summed E-state index contributed by atoms with van der Waals surface area (Å²) in [6, 6.07) is 16.0. The Labute approximate surface area is 189 Å². The van der Waals surface area contributed by atoms with Crippen molar-refractivity contribution in [1.29, 1.82) is 0 Å². The van der Waals surface area contributed by atoms with Crippen molar-refractivity contribution in [2.24, 2.45) is 0 Å². The van der Waals surface area contributed by atoms with Crippen molar-refractivity contribution < 1.29 is 9.53 Å². The number of carbonyl (C=O) groups is 1. The maximum atomic E-state index is 13.0. The molecule has 0 bridgehead atoms. The molecule has 164 valence electrons. The van der Waals surface area contributed by atoms with Gasteiger partial charge in [-0.25, -0.2) is 4.98 Å². The normalized spacial score (nSPS) is 11.0. The van der Waals surface area contributed by atoms with Crippen LogP contribution in [0.2, 0.25) is 0 Å². The summed E-state index contributed by atoms with van der Waals surface area (Å²) in [5.74, 6) is 1.01. The number of aryl methyl sites for hydroxylation is 1. The third-order valence-electron chi connectivity index (χ3n) is 5.23. The van der Waals surface area contributed by atoms with Gasteiger partial charge in [-0.2, -0.15) is 0 Å². The van der Waals surface area contributed by atoms with Gasteiger partial charge in [-0.1, -0.05) is 42.5 Å². The topological polar surface area (TPSA) is 45.7 Å². The van der Waals surface area contributed by atoms with Crippen molar-refractivity contribution in [3.8, 4) is 5.75 Å². The van der Waals surface area contributed by atoms with E-state index in [0.717, 1.165) is 34.1 Å². The molecule has 5 nitrogen and oxygen atoms in total. The van der Waals surface area contributed by atoms with Gasteiger partial charge in [0.15, 0.2) is 0 Å². The van der Waals surface area contributed by atoms with Crippen LogP contribution < -0.4 is 4.74 Å². The molecular weight excluding hydrogens is 406 g/mol. The fraction of sp³-hybridized carbons (Fsp3) is 0.360. The first-order valence-corrected chi connectivity index (χ1v) is 11.4. The standard InChI is InChI=1S/C25H31N3O2S/c1-19-9-8-12-23(20(19)2)30-17-24-26-22(18-31-24)16-28(14-13-27(3)4)25(29)15-21-10-6-5-7-11-21/h5-12,18H,13-17H2,1-4H3. The second-order valence-electron chi connectivity index (χ2n) is 8.00. The number of hydrogen-bond acceptors (Lipinski definition) is 5. The van der Waals surface area contributed by atoms with Crippen molar-refractivity contribution in [2.75, 3.05) is 27.2 Å². The zero-order valence-corrected chi connectivity index (χ0v) is 19.6. The SMILES string of the molecule is Cc1cccc(OCc2nc(CN(CCN(C)C)C(=O)Cc3ccccc3)cs2)c1C. The van der Waals surface area contributed by atoms with E-state index in [0.29, 0.717) is 26.1 Å². The lowest BCUT2D eigenvalue weighted by Crippen LogP contribution is -2.37. The predicted molar refractivity (Wildman–Crippen MR) is 126 cm³/mol. The number of carbonyl (C=O) groups excluding carboxylic acids is 1. The van der Waals surface area contributed by atoms with Gasteiger partial charge in [-0.15, -0.1) is 11.3 Å². The molecule has 1 amide bonds. The van der Waals surface area contributed by atoms with Crippen LogP contribution in [0.1, 0.15) is 27.4 Å². The molecule has 0 saturated heterocycles. The second kappa shape index (κ2) is 11.1. The number of nitrogens with zero attached hydrogens (tertiary/aromatic N) is 3. The van der Waals surface area contributed by atoms with Crippen molar-refractivity contribution in [3.05, 3.63) is 81.3 Å². The molecule has 0 unspecified atom stereocenters. The summed E-state index contributed by atoms with van der Waals surface area (Å²) in [7, 11) is 4.04. The summed E-state index contributed by atoms with van der Waals surface area (Å²) in [5.41, 5.74) is 4.31. The molecule has 0 aliphatic carbocycles. The summed E-state index contributed by atoms with van der Waals surface area (Å²) in [6.45, 7) is 6.58. The minimum Gasteiger partial charge on any atom is -0.486 e. The van der Waals surface area contributed by atoms with Crippen LogP contribution in [0.3, 0.4) is 0 Å². The number of aromatic nitrogens is 1. The Morgan fingerprint density at radius 3 is 2.55 bits per heavy atom. The highest BCUT2D eigenvalue weighted by Crippen LogP contribution is 2.22. The Bertz CT molecular complexity index is 985. The fourth-order valence-corrected chi connectivity index (χ4v) is 3.89. The maximum Gasteiger partial charge on any atom is 0.227 e. The molecule has 0 N–H and O–H groups in total. The first-order valence-electron chi connectivity index (χ1n) is 10.5. The van der Waals surface area contributed by atoms with Crippen LogP contribution in [0, 0.1) is 13.8 Å². The Morgan fingerprint density at radius 2 is 1.81 bits per heavy atom. The van der Waals surface area contributed by atoms with E-state index in [1.54, 1.807) is 11.3 Å². The van der Waals surface area contributed by atoms with Gasteiger partial charge in [0.25, 0.3) is 0 Å². The predicted octanol–water partition coefficient (Wildman–Crippen LogP) is 4.47. The van der Waals surface area contributed by atoms with Crippen LogP contribution in [-0.2, 0) is 24.4 Å². The lowest BCUT2D eigenvalue weighted by Gasteiger charge is -2.24. The number of hydrogen-bond donors (Lipinski definition) is 0. The zero-order chi connectivity index (χ0) is 22.2. The smallest absolute Gasteiger partial charge is 0.227 e. The Morgan fingerprint density at radius 1 is 1.03 bits per heavy atom. The van der Waals surface area contributed by atoms with Gasteiger partial charge >= 0.3 is 0 Å². The van der Waals surface area contributed by atoms with Crippen LogP contribution in [0.25, 0.3) is 0 Å². The second-order valence-corrected chi connectivity index (χ2v) is 8.94. The third kappa shape index (κ3) is 6.91. The van der Waals surface area contributed by atoms with E-state index in [4.69, 9.17) is 9.72 Å². The Balaban J connectivity index is 1.63. The van der Waals surface area contributed by atoms with Gasteiger partial charge in [0.2, 0.25) is 5.91 Å². The molecule has 1 heterocycles. The van der Waals surface area contributed by atoms with E-state index in [1.165, 1.54) is 5.56 Å². The zero-order valence-electron chi connectivity index (χ0n) is 18.8. The third-order valence-corrected chi connectivity index (χ3v) is 6.10. The van der Waals surface area contributed by atoms with Gasteiger partial charge in [0.05, 0.1) is 18.7 Å². The fourth-order valence-electron chi connectivity index (χ4n) is 3.20. The van der Waals surface area contributed by atoms with Crippen molar-refractivity contribution in [2.45, 2.75) is 33.4 Å². The highest BCUT2D eigenvalue weighted by atomic mass is 32.1. The van der Waals surface area contributed by atoms with Crippen LogP contribution >= 0.6 is 11.3 Å². The summed E-state index contributed by atoms with van der Waals surface area (Å²) < 4.78 is 5.99. The molecule has 3 rings (SSSR count). The molecule has 0 aliphatic rings. The first kappa shape index (κ1) is 23.0. The quantitative estimate of drug-likeness (QED) is 0.469. The van der Waals surface area contributed by atoms with Crippen molar-refractivity contribution >= 4 is 17.2 Å². The Kier molecular flexibility index (Phi) is 8.20. The molecule has 0 aliphatic heterocycles. The lowest BCUT2D eigenvalue weighted by atomic mass is 10.1. The molecule has 0 radical (unpaired) electrons. The Hall–Kier alpha value is -2.70. The average molecular weight is 438 g/mol. The number of benzene rings is 2. The molecule has 0 atom stereocenters. The molecule has 2 aromatic carbocycles. The number of thiazole rings is 1. The number of ether oxygens (including phenoxy) is 1. The highest BCUT2D eigenvalue weighted by Gasteiger charge is 2.17. The molecule has 3 aromatic rings. The van der Waals surface area contributed by atoms with Crippen LogP contribution in [0.4, 0.5) is 0 Å². The van der Waals surface area contributed by atoms with E-state index in [1.807, 2.05) is 66.8 Å². The summed E-state index contributed by atoms with van der Waals surface area (Å²) in [5, 5.41) is 2.94. The molecule has 0 fully saturated rings. The molecule has 0 spiro atoms. The number of likely N-dealkylation sites (N-methyl/N-ethyl adjacent to an activating group) is 1. The summed E-state index contributed by atoms with van der Waals surface area (Å²) >= 11 is 1.58. The molecule has 31 heavy (non-hydrogen) atoms. The van der Waals surface area contributed by atoms with E-state index in [9.17, 15) is 4.79 Å². The van der Waals surface area contributed by atoms with Crippen molar-refractivity contribution in [1.82, 2.24) is 14.8 Å². The van der Waals surface area contributed by atoms with Crippen LogP contribution in [-0.4, -0.2) is 47.9 Å². The molecule has 6 heteroatoms. The number of rotatable bonds is 10. The lowest BCUT2D eigenvalue weighted by molar-refractivity contribution is -0.131. The average Bonchev–Trinajstić information content (AvgIpc) is 3.20. The van der Waals surface area contributed by atoms with E-state index < -0.39 is 0 Å². The largest absolute Gasteiger partial charge is 0.486 e. The van der Waals surface area contributed by atoms with E-state index >= 15 is 0 Å². The van der Waals surface area contributed by atoms with Crippen LogP contribution in [0.5, 0.6) is 5.75 Å². The van der Waals surface area contributed by atoms with E-state index in [-0.39, 0.29) is 5.91 Å². The first-order chi connectivity index (χ1) is 14.9. The van der Waals surface area contributed by atoms with Crippen LogP contribution in [0.15, 0.2) is 53.9 Å². The van der Waals surface area contributed by atoms with E-state index in [2.05, 4.69) is 24.8 Å². The molecule has 0 saturated carbocycles. The van der Waals surface area contributed by atoms with Gasteiger partial charge in [-0.3, -0.25) is 4.79 Å². The number of amides is 1. The highest BCUT2D eigenvalue weighted by molar-refractivity contribution is 7.09.